The molecule has 1 aromatic heterocycles. The average Bonchev–Trinajstić information content (AvgIpc) is 3.19. The van der Waals surface area contributed by atoms with Crippen molar-refractivity contribution < 1.29 is 4.79 Å². The van der Waals surface area contributed by atoms with Crippen molar-refractivity contribution in [3.8, 4) is 11.1 Å². The van der Waals surface area contributed by atoms with Gasteiger partial charge in [0, 0.05) is 13.1 Å². The Kier molecular flexibility index (Phi) is 6.68. The van der Waals surface area contributed by atoms with E-state index in [1.807, 2.05) is 37.2 Å². The van der Waals surface area contributed by atoms with Crippen LogP contribution in [0.15, 0.2) is 66.7 Å². The summed E-state index contributed by atoms with van der Waals surface area (Å²) < 4.78 is 1.13. The fraction of sp³-hybridized carbons (Fsp3) is 0.259. The molecule has 4 nitrogen and oxygen atoms in total. The summed E-state index contributed by atoms with van der Waals surface area (Å²) in [5, 5.41) is 0.779. The van der Waals surface area contributed by atoms with Crippen LogP contribution in [0.4, 0.5) is 5.13 Å². The maximum Gasteiger partial charge on any atom is 0.233 e. The summed E-state index contributed by atoms with van der Waals surface area (Å²) in [6.45, 7) is 5.58. The summed E-state index contributed by atoms with van der Waals surface area (Å²) in [7, 11) is 4.05. The summed E-state index contributed by atoms with van der Waals surface area (Å²) in [5.41, 5.74) is 6.71. The molecule has 0 atom stereocenters. The van der Waals surface area contributed by atoms with Gasteiger partial charge in [-0.3, -0.25) is 9.69 Å². The van der Waals surface area contributed by atoms with Crippen LogP contribution >= 0.6 is 11.3 Å². The predicted molar refractivity (Wildman–Crippen MR) is 136 cm³/mol. The van der Waals surface area contributed by atoms with Crippen LogP contribution in [0.3, 0.4) is 0 Å². The maximum atomic E-state index is 13.4. The van der Waals surface area contributed by atoms with Crippen LogP contribution in [0.25, 0.3) is 21.3 Å². The number of hydrogen-bond donors (Lipinski definition) is 0. The highest BCUT2D eigenvalue weighted by Crippen LogP contribution is 2.32. The van der Waals surface area contributed by atoms with E-state index < -0.39 is 0 Å². The lowest BCUT2D eigenvalue weighted by Crippen LogP contribution is -2.37. The molecule has 0 fully saturated rings. The maximum absolute atomic E-state index is 13.4. The van der Waals surface area contributed by atoms with E-state index in [9.17, 15) is 4.79 Å². The highest BCUT2D eigenvalue weighted by atomic mass is 32.1. The van der Waals surface area contributed by atoms with Gasteiger partial charge in [0.2, 0.25) is 5.91 Å². The van der Waals surface area contributed by atoms with Gasteiger partial charge in [-0.1, -0.05) is 72.0 Å². The Morgan fingerprint density at radius 2 is 1.59 bits per heavy atom. The standard InChI is InChI=1S/C27H29N3OS/c1-19-16-20(2)26-24(17-19)32-27(28-26)30(15-14-29(3)4)25(31)18-21-10-12-23(13-11-21)22-8-6-5-7-9-22/h5-13,16-17H,14-15,18H2,1-4H3. The molecule has 0 aliphatic heterocycles. The fourth-order valence-corrected chi connectivity index (χ4v) is 5.00. The van der Waals surface area contributed by atoms with Crippen molar-refractivity contribution in [2.45, 2.75) is 20.3 Å². The van der Waals surface area contributed by atoms with Crippen molar-refractivity contribution in [3.05, 3.63) is 83.4 Å². The Bertz CT molecular complexity index is 1210. The quantitative estimate of drug-likeness (QED) is 0.367. The summed E-state index contributed by atoms with van der Waals surface area (Å²) >= 11 is 1.60. The second-order valence-electron chi connectivity index (χ2n) is 8.51. The van der Waals surface area contributed by atoms with Gasteiger partial charge in [0.1, 0.15) is 0 Å². The summed E-state index contributed by atoms with van der Waals surface area (Å²) in [6.07, 6.45) is 0.358. The SMILES string of the molecule is Cc1cc(C)c2nc(N(CCN(C)C)C(=O)Cc3ccc(-c4ccccc4)cc3)sc2c1. The molecule has 5 heteroatoms. The largest absolute Gasteiger partial charge is 0.308 e. The van der Waals surface area contributed by atoms with Crippen LogP contribution in [0.5, 0.6) is 0 Å². The molecule has 0 saturated carbocycles. The van der Waals surface area contributed by atoms with Gasteiger partial charge in [0.15, 0.2) is 5.13 Å². The van der Waals surface area contributed by atoms with Gasteiger partial charge in [-0.15, -0.1) is 0 Å². The number of amides is 1. The minimum absolute atomic E-state index is 0.0766. The number of rotatable bonds is 7. The first-order valence-electron chi connectivity index (χ1n) is 10.9. The lowest BCUT2D eigenvalue weighted by atomic mass is 10.0. The molecule has 0 radical (unpaired) electrons. The third kappa shape index (κ3) is 5.06. The van der Waals surface area contributed by atoms with Gasteiger partial charge in [0.25, 0.3) is 0 Å². The first kappa shape index (κ1) is 22.2. The fourth-order valence-electron chi connectivity index (χ4n) is 3.82. The number of hydrogen-bond acceptors (Lipinski definition) is 4. The van der Waals surface area contributed by atoms with Gasteiger partial charge in [-0.05, 0) is 61.8 Å². The number of carbonyl (C=O) groups is 1. The highest BCUT2D eigenvalue weighted by molar-refractivity contribution is 7.22. The van der Waals surface area contributed by atoms with E-state index in [0.717, 1.165) is 38.6 Å². The van der Waals surface area contributed by atoms with Crippen molar-refractivity contribution in [2.24, 2.45) is 0 Å². The van der Waals surface area contributed by atoms with Crippen molar-refractivity contribution >= 4 is 32.6 Å². The van der Waals surface area contributed by atoms with E-state index in [1.54, 1.807) is 11.3 Å². The van der Waals surface area contributed by atoms with E-state index in [1.165, 1.54) is 11.1 Å². The number of likely N-dealkylation sites (N-methyl/N-ethyl adjacent to an activating group) is 1. The summed E-state index contributed by atoms with van der Waals surface area (Å²) in [4.78, 5) is 22.2. The van der Waals surface area contributed by atoms with Crippen molar-refractivity contribution in [1.82, 2.24) is 9.88 Å². The molecule has 164 valence electrons. The molecule has 0 aliphatic carbocycles. The molecule has 0 unspecified atom stereocenters. The Morgan fingerprint density at radius 1 is 0.906 bits per heavy atom. The molecular weight excluding hydrogens is 414 g/mol. The number of aryl methyl sites for hydroxylation is 2. The molecule has 1 heterocycles. The molecule has 0 saturated heterocycles. The molecule has 0 spiro atoms. The van der Waals surface area contributed by atoms with E-state index in [4.69, 9.17) is 4.98 Å². The van der Waals surface area contributed by atoms with Crippen LogP contribution in [0.1, 0.15) is 16.7 Å². The normalized spacial score (nSPS) is 11.3. The zero-order valence-electron chi connectivity index (χ0n) is 19.1. The Morgan fingerprint density at radius 3 is 2.28 bits per heavy atom. The van der Waals surface area contributed by atoms with Crippen LogP contribution in [0.2, 0.25) is 0 Å². The lowest BCUT2D eigenvalue weighted by Gasteiger charge is -2.22. The van der Waals surface area contributed by atoms with Gasteiger partial charge in [0.05, 0.1) is 16.6 Å². The van der Waals surface area contributed by atoms with Crippen LogP contribution in [0, 0.1) is 13.8 Å². The monoisotopic (exact) mass is 443 g/mol. The van der Waals surface area contributed by atoms with Crippen molar-refractivity contribution in [2.75, 3.05) is 32.1 Å². The van der Waals surface area contributed by atoms with Crippen LogP contribution in [-0.4, -0.2) is 43.0 Å². The minimum Gasteiger partial charge on any atom is -0.308 e. The number of nitrogens with zero attached hydrogens (tertiary/aromatic N) is 3. The number of fused-ring (bicyclic) bond motifs is 1. The second kappa shape index (κ2) is 9.63. The van der Waals surface area contributed by atoms with Gasteiger partial charge >= 0.3 is 0 Å². The zero-order valence-corrected chi connectivity index (χ0v) is 19.9. The summed E-state index contributed by atoms with van der Waals surface area (Å²) in [5.74, 6) is 0.0766. The third-order valence-corrected chi connectivity index (χ3v) is 6.56. The van der Waals surface area contributed by atoms with Crippen molar-refractivity contribution in [1.29, 1.82) is 0 Å². The van der Waals surface area contributed by atoms with E-state index >= 15 is 0 Å². The predicted octanol–water partition coefficient (Wildman–Crippen LogP) is 5.72. The minimum atomic E-state index is 0.0766. The molecule has 4 rings (SSSR count). The first-order chi connectivity index (χ1) is 15.4. The van der Waals surface area contributed by atoms with Crippen LogP contribution in [-0.2, 0) is 11.2 Å². The summed E-state index contributed by atoms with van der Waals surface area (Å²) in [6, 6.07) is 22.9. The average molecular weight is 444 g/mol. The number of aromatic nitrogens is 1. The van der Waals surface area contributed by atoms with Crippen molar-refractivity contribution in [3.63, 3.8) is 0 Å². The lowest BCUT2D eigenvalue weighted by molar-refractivity contribution is -0.118. The molecule has 0 N–H and O–H groups in total. The molecule has 32 heavy (non-hydrogen) atoms. The second-order valence-corrected chi connectivity index (χ2v) is 9.52. The topological polar surface area (TPSA) is 36.4 Å². The number of thiazole rings is 1. The smallest absolute Gasteiger partial charge is 0.233 e. The molecule has 4 aromatic rings. The number of carbonyl (C=O) groups excluding carboxylic acids is 1. The number of anilines is 1. The van der Waals surface area contributed by atoms with Gasteiger partial charge in [-0.25, -0.2) is 4.98 Å². The molecular formula is C27H29N3OS. The Balaban J connectivity index is 1.58. The highest BCUT2D eigenvalue weighted by Gasteiger charge is 2.21. The van der Waals surface area contributed by atoms with E-state index in [-0.39, 0.29) is 5.91 Å². The van der Waals surface area contributed by atoms with Gasteiger partial charge in [-0.2, -0.15) is 0 Å². The molecule has 0 aliphatic rings. The molecule has 0 bridgehead atoms. The first-order valence-corrected chi connectivity index (χ1v) is 11.7. The Hall–Kier alpha value is -3.02. The van der Waals surface area contributed by atoms with E-state index in [0.29, 0.717) is 13.0 Å². The molecule has 1 amide bonds. The van der Waals surface area contributed by atoms with Crippen LogP contribution < -0.4 is 4.90 Å². The molecule has 3 aromatic carbocycles. The van der Waals surface area contributed by atoms with E-state index in [2.05, 4.69) is 67.3 Å². The zero-order chi connectivity index (χ0) is 22.7. The number of benzene rings is 3. The third-order valence-electron chi connectivity index (χ3n) is 5.54. The Labute approximate surface area is 194 Å². The van der Waals surface area contributed by atoms with Gasteiger partial charge < -0.3 is 4.90 Å².